The van der Waals surface area contributed by atoms with Gasteiger partial charge in [0, 0.05) is 29.7 Å². The number of nitrogens with two attached hydrogens (primary N) is 1. The smallest absolute Gasteiger partial charge is 0.241 e. The Balaban J connectivity index is 1.65. The number of carbonyl (C=O) groups excluding carboxylic acids is 1. The zero-order valence-electron chi connectivity index (χ0n) is 12.5. The predicted octanol–water partition coefficient (Wildman–Crippen LogP) is 1.53. The summed E-state index contributed by atoms with van der Waals surface area (Å²) in [5.74, 6) is 1.43. The summed E-state index contributed by atoms with van der Waals surface area (Å²) in [4.78, 5) is 12.7. The van der Waals surface area contributed by atoms with Gasteiger partial charge in [0.2, 0.25) is 5.91 Å². The van der Waals surface area contributed by atoms with E-state index in [1.165, 1.54) is 18.6 Å². The lowest BCUT2D eigenvalue weighted by Crippen LogP contribution is -2.82. The van der Waals surface area contributed by atoms with Crippen LogP contribution < -0.4 is 11.1 Å². The molecule has 0 aromatic rings. The average molecular weight is 298 g/mol. The van der Waals surface area contributed by atoms with Crippen LogP contribution in [0.3, 0.4) is 0 Å². The van der Waals surface area contributed by atoms with Crippen molar-refractivity contribution in [2.75, 3.05) is 18.9 Å². The van der Waals surface area contributed by atoms with Gasteiger partial charge in [0.05, 0.1) is 6.10 Å². The highest BCUT2D eigenvalue weighted by Gasteiger charge is 2.70. The first kappa shape index (κ1) is 14.7. The molecule has 2 saturated heterocycles. The lowest BCUT2D eigenvalue weighted by molar-refractivity contribution is -0.225. The molecule has 20 heavy (non-hydrogen) atoms. The quantitative estimate of drug-likeness (QED) is 0.829. The van der Waals surface area contributed by atoms with Crippen LogP contribution in [0, 0.1) is 11.3 Å². The van der Waals surface area contributed by atoms with E-state index in [2.05, 4.69) is 19.2 Å². The van der Waals surface area contributed by atoms with Crippen LogP contribution in [-0.2, 0) is 9.53 Å². The fourth-order valence-electron chi connectivity index (χ4n) is 4.19. The molecule has 2 heterocycles. The molecule has 0 aromatic heterocycles. The summed E-state index contributed by atoms with van der Waals surface area (Å²) in [5, 5.41) is 3.69. The minimum absolute atomic E-state index is 0.0294. The van der Waals surface area contributed by atoms with Crippen LogP contribution in [0.25, 0.3) is 0 Å². The molecule has 4 atom stereocenters. The van der Waals surface area contributed by atoms with Crippen molar-refractivity contribution in [3.63, 3.8) is 0 Å². The SMILES string of the molecule is CC1(C)C2OCCCC2C1(N)C(=O)NCC1CCCS1. The largest absolute Gasteiger partial charge is 0.377 e. The van der Waals surface area contributed by atoms with E-state index in [1.54, 1.807) is 0 Å². The molecule has 0 spiro atoms. The Bertz CT molecular complexity index is 395. The molecule has 1 amide bonds. The summed E-state index contributed by atoms with van der Waals surface area (Å²) in [7, 11) is 0. The summed E-state index contributed by atoms with van der Waals surface area (Å²) >= 11 is 1.96. The Morgan fingerprint density at radius 3 is 2.90 bits per heavy atom. The second kappa shape index (κ2) is 5.18. The summed E-state index contributed by atoms with van der Waals surface area (Å²) in [6.07, 6.45) is 4.65. The van der Waals surface area contributed by atoms with Crippen LogP contribution >= 0.6 is 11.8 Å². The molecule has 2 aliphatic heterocycles. The summed E-state index contributed by atoms with van der Waals surface area (Å²) in [5.41, 5.74) is 5.53. The van der Waals surface area contributed by atoms with Gasteiger partial charge in [0.1, 0.15) is 5.54 Å². The van der Waals surface area contributed by atoms with Crippen LogP contribution in [0.1, 0.15) is 39.5 Å². The Hall–Kier alpha value is -0.260. The molecule has 0 radical (unpaired) electrons. The third-order valence-corrected chi connectivity index (χ3v) is 6.97. The van der Waals surface area contributed by atoms with Crippen LogP contribution in [0.2, 0.25) is 0 Å². The third kappa shape index (κ3) is 2.01. The van der Waals surface area contributed by atoms with Crippen molar-refractivity contribution in [2.24, 2.45) is 17.1 Å². The number of hydrogen-bond acceptors (Lipinski definition) is 4. The van der Waals surface area contributed by atoms with Gasteiger partial charge in [-0.15, -0.1) is 0 Å². The summed E-state index contributed by atoms with van der Waals surface area (Å²) < 4.78 is 5.85. The molecule has 3 fully saturated rings. The normalized spacial score (nSPS) is 42.6. The third-order valence-electron chi connectivity index (χ3n) is 5.57. The molecule has 3 rings (SSSR count). The maximum atomic E-state index is 12.7. The van der Waals surface area contributed by atoms with Gasteiger partial charge in [-0.2, -0.15) is 11.8 Å². The first-order chi connectivity index (χ1) is 9.48. The number of carbonyl (C=O) groups is 1. The van der Waals surface area contributed by atoms with Gasteiger partial charge in [0.15, 0.2) is 0 Å². The van der Waals surface area contributed by atoms with Crippen molar-refractivity contribution in [1.29, 1.82) is 0 Å². The van der Waals surface area contributed by atoms with Gasteiger partial charge in [-0.05, 0) is 31.4 Å². The van der Waals surface area contributed by atoms with E-state index in [9.17, 15) is 4.79 Å². The zero-order valence-corrected chi connectivity index (χ0v) is 13.3. The van der Waals surface area contributed by atoms with Crippen molar-refractivity contribution in [3.8, 4) is 0 Å². The highest BCUT2D eigenvalue weighted by molar-refractivity contribution is 8.00. The fraction of sp³-hybridized carbons (Fsp3) is 0.933. The van der Waals surface area contributed by atoms with Crippen molar-refractivity contribution in [3.05, 3.63) is 0 Å². The molecule has 0 bridgehead atoms. The minimum atomic E-state index is -0.763. The predicted molar refractivity (Wildman–Crippen MR) is 81.7 cm³/mol. The number of nitrogens with one attached hydrogen (secondary N) is 1. The van der Waals surface area contributed by atoms with Crippen LogP contribution in [0.4, 0.5) is 0 Å². The molecule has 4 unspecified atom stereocenters. The number of ether oxygens (including phenoxy) is 1. The van der Waals surface area contributed by atoms with Gasteiger partial charge in [0.25, 0.3) is 0 Å². The van der Waals surface area contributed by atoms with Gasteiger partial charge in [-0.3, -0.25) is 4.79 Å². The number of hydrogen-bond donors (Lipinski definition) is 2. The molecule has 0 aromatic carbocycles. The molecular formula is C15H26N2O2S. The van der Waals surface area contributed by atoms with E-state index in [-0.39, 0.29) is 23.3 Å². The summed E-state index contributed by atoms with van der Waals surface area (Å²) in [6, 6.07) is 0. The van der Waals surface area contributed by atoms with Gasteiger partial charge < -0.3 is 15.8 Å². The van der Waals surface area contributed by atoms with Crippen LogP contribution in [0.15, 0.2) is 0 Å². The first-order valence-electron chi connectivity index (χ1n) is 7.78. The Morgan fingerprint density at radius 2 is 2.20 bits per heavy atom. The number of rotatable bonds is 3. The monoisotopic (exact) mass is 298 g/mol. The van der Waals surface area contributed by atoms with E-state index in [0.717, 1.165) is 26.0 Å². The van der Waals surface area contributed by atoms with E-state index < -0.39 is 5.54 Å². The Kier molecular flexibility index (Phi) is 3.80. The van der Waals surface area contributed by atoms with Crippen LogP contribution in [-0.4, -0.2) is 41.7 Å². The maximum absolute atomic E-state index is 12.7. The van der Waals surface area contributed by atoms with Gasteiger partial charge >= 0.3 is 0 Å². The van der Waals surface area contributed by atoms with Gasteiger partial charge in [-0.1, -0.05) is 13.8 Å². The Morgan fingerprint density at radius 1 is 1.40 bits per heavy atom. The number of thioether (sulfide) groups is 1. The fourth-order valence-corrected chi connectivity index (χ4v) is 5.40. The van der Waals surface area contributed by atoms with E-state index in [0.29, 0.717) is 5.25 Å². The lowest BCUT2D eigenvalue weighted by atomic mass is 9.46. The highest BCUT2D eigenvalue weighted by atomic mass is 32.2. The van der Waals surface area contributed by atoms with E-state index in [4.69, 9.17) is 10.5 Å². The molecule has 5 heteroatoms. The summed E-state index contributed by atoms with van der Waals surface area (Å²) in [6.45, 7) is 5.71. The lowest BCUT2D eigenvalue weighted by Gasteiger charge is -2.65. The molecule has 3 aliphatic rings. The van der Waals surface area contributed by atoms with Crippen molar-refractivity contribution in [2.45, 2.75) is 56.4 Å². The molecular weight excluding hydrogens is 272 g/mol. The molecule has 3 N–H and O–H groups in total. The second-order valence-electron chi connectivity index (χ2n) is 6.98. The van der Waals surface area contributed by atoms with Crippen molar-refractivity contribution < 1.29 is 9.53 Å². The number of amides is 1. The average Bonchev–Trinajstić information content (AvgIpc) is 2.97. The highest BCUT2D eigenvalue weighted by Crippen LogP contribution is 2.57. The topological polar surface area (TPSA) is 64.3 Å². The molecule has 1 aliphatic carbocycles. The first-order valence-corrected chi connectivity index (χ1v) is 8.83. The molecule has 1 saturated carbocycles. The molecule has 114 valence electrons. The van der Waals surface area contributed by atoms with Crippen LogP contribution in [0.5, 0.6) is 0 Å². The van der Waals surface area contributed by atoms with Crippen molar-refractivity contribution in [1.82, 2.24) is 5.32 Å². The standard InChI is InChI=1S/C15H26N2O2S/c1-14(2)12-11(6-3-7-19-12)15(14,16)13(18)17-9-10-5-4-8-20-10/h10-12H,3-9,16H2,1-2H3,(H,17,18). The maximum Gasteiger partial charge on any atom is 0.241 e. The molecule has 4 nitrogen and oxygen atoms in total. The van der Waals surface area contributed by atoms with E-state index in [1.807, 2.05) is 11.8 Å². The Labute approximate surface area is 125 Å². The number of fused-ring (bicyclic) bond motifs is 1. The second-order valence-corrected chi connectivity index (χ2v) is 8.38. The minimum Gasteiger partial charge on any atom is -0.377 e. The van der Waals surface area contributed by atoms with E-state index >= 15 is 0 Å². The van der Waals surface area contributed by atoms with Crippen molar-refractivity contribution >= 4 is 17.7 Å². The zero-order chi connectivity index (χ0) is 14.4. The van der Waals surface area contributed by atoms with Gasteiger partial charge in [-0.25, -0.2) is 0 Å².